The van der Waals surface area contributed by atoms with E-state index in [1.807, 2.05) is 0 Å². The quantitative estimate of drug-likeness (QED) is 0.340. The highest BCUT2D eigenvalue weighted by Crippen LogP contribution is 2.34. The summed E-state index contributed by atoms with van der Waals surface area (Å²) in [4.78, 5) is 7.53. The van der Waals surface area contributed by atoms with Crippen molar-refractivity contribution < 1.29 is 9.50 Å². The highest BCUT2D eigenvalue weighted by Gasteiger charge is 2.25. The van der Waals surface area contributed by atoms with E-state index in [1.165, 1.54) is 23.6 Å². The van der Waals surface area contributed by atoms with Crippen LogP contribution in [0.15, 0.2) is 35.0 Å². The maximum Gasteiger partial charge on any atom is 0.198 e. The lowest BCUT2D eigenvalue weighted by atomic mass is 9.78. The van der Waals surface area contributed by atoms with Gasteiger partial charge in [0, 0.05) is 34.8 Å². The summed E-state index contributed by atoms with van der Waals surface area (Å²) in [5.41, 5.74) is 5.74. The molecular formula is C28H37FN4O. The first-order chi connectivity index (χ1) is 16.1. The van der Waals surface area contributed by atoms with Crippen LogP contribution in [-0.2, 0) is 6.42 Å². The SMILES string of the molecule is CCc1ccc(C)c(C2C=c3c(C(C)=NC(=N)/C=C(/C)NCC(C)F)c(O)[nH]c3=CC2CC)c1. The molecule has 1 aromatic heterocycles. The number of aliphatic imine (C=N–C) groups is 1. The molecule has 0 bridgehead atoms. The number of nitrogens with one attached hydrogen (secondary N) is 3. The molecule has 1 aromatic carbocycles. The predicted molar refractivity (Wildman–Crippen MR) is 140 cm³/mol. The summed E-state index contributed by atoms with van der Waals surface area (Å²) in [5.74, 6) is 0.609. The molecular weight excluding hydrogens is 427 g/mol. The number of rotatable bonds is 8. The summed E-state index contributed by atoms with van der Waals surface area (Å²) in [5, 5.41) is 23.8. The number of hydrogen-bond acceptors (Lipinski definition) is 3. The Hall–Kier alpha value is -3.15. The third-order valence-electron chi connectivity index (χ3n) is 6.49. The molecule has 5 nitrogen and oxygen atoms in total. The summed E-state index contributed by atoms with van der Waals surface area (Å²) < 4.78 is 13.1. The minimum Gasteiger partial charge on any atom is -0.494 e. The van der Waals surface area contributed by atoms with E-state index in [0.29, 0.717) is 22.9 Å². The first-order valence-corrected chi connectivity index (χ1v) is 12.1. The second-order valence-electron chi connectivity index (χ2n) is 9.22. The molecule has 0 aliphatic heterocycles. The number of aromatic hydroxyl groups is 1. The summed E-state index contributed by atoms with van der Waals surface area (Å²) in [6.07, 6.45) is 7.02. The zero-order valence-electron chi connectivity index (χ0n) is 21.1. The fourth-order valence-electron chi connectivity index (χ4n) is 4.60. The smallest absolute Gasteiger partial charge is 0.198 e. The van der Waals surface area contributed by atoms with Gasteiger partial charge in [0.2, 0.25) is 0 Å². The Balaban J connectivity index is 2.04. The maximum atomic E-state index is 13.1. The van der Waals surface area contributed by atoms with Crippen LogP contribution in [0.5, 0.6) is 5.88 Å². The van der Waals surface area contributed by atoms with Gasteiger partial charge >= 0.3 is 0 Å². The molecule has 3 unspecified atom stereocenters. The van der Waals surface area contributed by atoms with Gasteiger partial charge in [0.05, 0.1) is 11.3 Å². The van der Waals surface area contributed by atoms with Crippen LogP contribution in [0.25, 0.3) is 12.2 Å². The van der Waals surface area contributed by atoms with Crippen molar-refractivity contribution in [1.82, 2.24) is 10.3 Å². The molecule has 0 saturated heterocycles. The molecule has 3 rings (SSSR count). The number of aryl methyl sites for hydroxylation is 2. The summed E-state index contributed by atoms with van der Waals surface area (Å²) >= 11 is 0. The zero-order chi connectivity index (χ0) is 25.0. The molecule has 2 aromatic rings. The maximum absolute atomic E-state index is 13.1. The Kier molecular flexibility index (Phi) is 8.13. The van der Waals surface area contributed by atoms with E-state index in [9.17, 15) is 9.50 Å². The number of fused-ring (bicyclic) bond motifs is 1. The third kappa shape index (κ3) is 5.66. The van der Waals surface area contributed by atoms with E-state index < -0.39 is 6.17 Å². The number of allylic oxidation sites excluding steroid dienone is 1. The van der Waals surface area contributed by atoms with Gasteiger partial charge in [0.25, 0.3) is 0 Å². The molecule has 3 atom stereocenters. The lowest BCUT2D eigenvalue weighted by Gasteiger charge is -2.25. The number of alkyl halides is 1. The van der Waals surface area contributed by atoms with E-state index in [-0.39, 0.29) is 24.2 Å². The van der Waals surface area contributed by atoms with Gasteiger partial charge in [-0.3, -0.25) is 5.41 Å². The minimum atomic E-state index is -0.973. The Morgan fingerprint density at radius 3 is 2.68 bits per heavy atom. The molecule has 0 spiro atoms. The Morgan fingerprint density at radius 2 is 2.03 bits per heavy atom. The van der Waals surface area contributed by atoms with Gasteiger partial charge in [0.1, 0.15) is 12.0 Å². The van der Waals surface area contributed by atoms with Crippen molar-refractivity contribution in [1.29, 1.82) is 5.41 Å². The highest BCUT2D eigenvalue weighted by molar-refractivity contribution is 6.09. The van der Waals surface area contributed by atoms with E-state index in [1.54, 1.807) is 19.9 Å². The molecule has 0 radical (unpaired) electrons. The van der Waals surface area contributed by atoms with Crippen molar-refractivity contribution >= 4 is 23.7 Å². The second kappa shape index (κ2) is 10.9. The molecule has 4 N–H and O–H groups in total. The van der Waals surface area contributed by atoms with Crippen molar-refractivity contribution in [3.63, 3.8) is 0 Å². The van der Waals surface area contributed by atoms with E-state index in [4.69, 9.17) is 5.41 Å². The Morgan fingerprint density at radius 1 is 1.29 bits per heavy atom. The van der Waals surface area contributed by atoms with Crippen LogP contribution in [0.2, 0.25) is 0 Å². The van der Waals surface area contributed by atoms with Gasteiger partial charge in [-0.25, -0.2) is 9.38 Å². The van der Waals surface area contributed by atoms with Crippen molar-refractivity contribution in [2.24, 2.45) is 10.9 Å². The highest BCUT2D eigenvalue weighted by atomic mass is 19.1. The first kappa shape index (κ1) is 25.5. The van der Waals surface area contributed by atoms with Gasteiger partial charge in [-0.1, -0.05) is 44.2 Å². The zero-order valence-corrected chi connectivity index (χ0v) is 21.1. The van der Waals surface area contributed by atoms with Gasteiger partial charge in [-0.2, -0.15) is 0 Å². The number of halogens is 1. The topological polar surface area (TPSA) is 84.3 Å². The number of benzene rings is 1. The number of amidine groups is 1. The van der Waals surface area contributed by atoms with Crippen molar-refractivity contribution in [2.75, 3.05) is 6.54 Å². The minimum absolute atomic E-state index is 0.0395. The largest absolute Gasteiger partial charge is 0.494 e. The first-order valence-electron chi connectivity index (χ1n) is 12.1. The van der Waals surface area contributed by atoms with E-state index in [2.05, 4.69) is 66.4 Å². The van der Waals surface area contributed by atoms with Crippen molar-refractivity contribution in [3.05, 3.63) is 62.8 Å². The van der Waals surface area contributed by atoms with Crippen LogP contribution in [0, 0.1) is 18.3 Å². The van der Waals surface area contributed by atoms with Crippen molar-refractivity contribution in [2.45, 2.75) is 66.5 Å². The number of hydrogen-bond donors (Lipinski definition) is 4. The van der Waals surface area contributed by atoms with Crippen molar-refractivity contribution in [3.8, 4) is 5.88 Å². The Bertz CT molecular complexity index is 1240. The molecule has 0 fully saturated rings. The van der Waals surface area contributed by atoms with E-state index in [0.717, 1.165) is 23.4 Å². The molecule has 1 aliphatic carbocycles. The molecule has 34 heavy (non-hydrogen) atoms. The van der Waals surface area contributed by atoms with Gasteiger partial charge < -0.3 is 15.4 Å². The summed E-state index contributed by atoms with van der Waals surface area (Å²) in [7, 11) is 0. The molecule has 0 saturated carbocycles. The standard InChI is InChI=1S/C28H37FN4O/c1-7-20-10-9-16(3)22(12-20)23-14-24-25(13-21(23)8-2)33-28(34)27(24)19(6)32-26(30)11-18(5)31-15-17(4)29/h9-14,17,21,23,30-31,33-34H,7-8,15H2,1-6H3/b18-11-,30-26?,32-19?. The van der Waals surface area contributed by atoms with Crippen LogP contribution >= 0.6 is 0 Å². The molecule has 1 heterocycles. The van der Waals surface area contributed by atoms with Crippen LogP contribution in [0.3, 0.4) is 0 Å². The summed E-state index contributed by atoms with van der Waals surface area (Å²) in [6.45, 7) is 11.8. The van der Waals surface area contributed by atoms with Gasteiger partial charge in [-0.05, 0) is 63.1 Å². The number of aromatic nitrogens is 1. The number of aromatic amines is 1. The summed E-state index contributed by atoms with van der Waals surface area (Å²) in [6, 6.07) is 6.69. The van der Waals surface area contributed by atoms with E-state index >= 15 is 0 Å². The van der Waals surface area contributed by atoms with Crippen LogP contribution in [-0.4, -0.2) is 34.4 Å². The van der Waals surface area contributed by atoms with Crippen LogP contribution in [0.1, 0.15) is 69.2 Å². The third-order valence-corrected chi connectivity index (χ3v) is 6.49. The molecule has 182 valence electrons. The average Bonchev–Trinajstić information content (AvgIpc) is 3.11. The average molecular weight is 465 g/mol. The molecule has 1 aliphatic rings. The van der Waals surface area contributed by atoms with Crippen LogP contribution in [0.4, 0.5) is 4.39 Å². The fraction of sp³-hybridized carbons (Fsp3) is 0.429. The lowest BCUT2D eigenvalue weighted by Crippen LogP contribution is -2.34. The predicted octanol–water partition coefficient (Wildman–Crippen LogP) is 4.61. The van der Waals surface area contributed by atoms with Crippen LogP contribution < -0.4 is 15.9 Å². The Labute approximate surface area is 201 Å². The number of nitrogens with zero attached hydrogens (tertiary/aromatic N) is 1. The molecule has 0 amide bonds. The number of H-pyrrole nitrogens is 1. The monoisotopic (exact) mass is 464 g/mol. The van der Waals surface area contributed by atoms with Gasteiger partial charge in [0.15, 0.2) is 5.88 Å². The second-order valence-corrected chi connectivity index (χ2v) is 9.22. The molecule has 6 heteroatoms. The lowest BCUT2D eigenvalue weighted by molar-refractivity contribution is 0.354. The normalized spacial score (nSPS) is 19.1. The fourth-order valence-corrected chi connectivity index (χ4v) is 4.60. The van der Waals surface area contributed by atoms with Gasteiger partial charge in [-0.15, -0.1) is 0 Å².